The average molecular weight is 363 g/mol. The Morgan fingerprint density at radius 2 is 1.36 bits per heavy atom. The lowest BCUT2D eigenvalue weighted by molar-refractivity contribution is 0.693. The first-order valence-corrected chi connectivity index (χ1v) is 8.50. The number of nitriles is 2. The maximum atomic E-state index is 9.16. The average Bonchev–Trinajstić information content (AvgIpc) is 3.18. The number of rotatable bonds is 4. The molecular weight excluding hydrogens is 350 g/mol. The lowest BCUT2D eigenvalue weighted by atomic mass is 10.2. The fourth-order valence-corrected chi connectivity index (χ4v) is 2.75. The Kier molecular flexibility index (Phi) is 4.56. The summed E-state index contributed by atoms with van der Waals surface area (Å²) in [5, 5.41) is 22.9. The molecule has 4 aromatic rings. The minimum atomic E-state index is 0.295. The Morgan fingerprint density at radius 3 is 2.04 bits per heavy atom. The molecule has 0 radical (unpaired) electrons. The fourth-order valence-electron chi connectivity index (χ4n) is 2.75. The summed E-state index contributed by atoms with van der Waals surface area (Å²) in [6.45, 7) is 0.486. The molecule has 3 heterocycles. The van der Waals surface area contributed by atoms with Crippen LogP contribution in [0.4, 0.5) is 0 Å². The monoisotopic (exact) mass is 363 g/mol. The number of hydrogen-bond donors (Lipinski definition) is 0. The summed E-state index contributed by atoms with van der Waals surface area (Å²) in [5.41, 5.74) is 2.70. The Hall–Kier alpha value is -4.36. The number of pyridine rings is 2. The SMILES string of the molecule is N#Cc1cccc(-c2nc(-c3cccc(C#N)n3)n(Cc3ccccc3)n2)n1. The van der Waals surface area contributed by atoms with Crippen LogP contribution in [0.25, 0.3) is 23.0 Å². The van der Waals surface area contributed by atoms with Crippen LogP contribution >= 0.6 is 0 Å². The van der Waals surface area contributed by atoms with Crippen LogP contribution in [0.15, 0.2) is 66.7 Å². The van der Waals surface area contributed by atoms with Crippen molar-refractivity contribution in [1.29, 1.82) is 10.5 Å². The van der Waals surface area contributed by atoms with Crippen molar-refractivity contribution in [3.8, 4) is 35.2 Å². The zero-order chi connectivity index (χ0) is 19.3. The van der Waals surface area contributed by atoms with Crippen molar-refractivity contribution in [1.82, 2.24) is 24.7 Å². The van der Waals surface area contributed by atoms with E-state index in [0.717, 1.165) is 5.56 Å². The maximum Gasteiger partial charge on any atom is 0.200 e. The molecule has 0 aliphatic heterocycles. The van der Waals surface area contributed by atoms with E-state index >= 15 is 0 Å². The molecule has 0 bridgehead atoms. The van der Waals surface area contributed by atoms with Gasteiger partial charge in [-0.2, -0.15) is 10.5 Å². The number of benzene rings is 1. The van der Waals surface area contributed by atoms with Gasteiger partial charge in [0.05, 0.1) is 6.54 Å². The van der Waals surface area contributed by atoms with E-state index in [1.807, 2.05) is 42.5 Å². The topological polar surface area (TPSA) is 104 Å². The second-order valence-corrected chi connectivity index (χ2v) is 5.94. The molecule has 3 aromatic heterocycles. The van der Waals surface area contributed by atoms with Crippen molar-refractivity contribution in [2.24, 2.45) is 0 Å². The summed E-state index contributed by atoms with van der Waals surface area (Å²) >= 11 is 0. The van der Waals surface area contributed by atoms with Gasteiger partial charge in [0.15, 0.2) is 11.6 Å². The van der Waals surface area contributed by atoms with Crippen molar-refractivity contribution < 1.29 is 0 Å². The summed E-state index contributed by atoms with van der Waals surface area (Å²) in [7, 11) is 0. The molecule has 0 atom stereocenters. The Morgan fingerprint density at radius 1 is 0.714 bits per heavy atom. The predicted octanol–water partition coefficient (Wildman–Crippen LogP) is 3.19. The van der Waals surface area contributed by atoms with Crippen molar-refractivity contribution in [2.75, 3.05) is 0 Å². The van der Waals surface area contributed by atoms with Crippen molar-refractivity contribution in [3.05, 3.63) is 83.7 Å². The quantitative estimate of drug-likeness (QED) is 0.551. The van der Waals surface area contributed by atoms with E-state index in [4.69, 9.17) is 10.5 Å². The van der Waals surface area contributed by atoms with E-state index in [-0.39, 0.29) is 0 Å². The molecular formula is C21H13N7. The third kappa shape index (κ3) is 3.46. The lowest BCUT2D eigenvalue weighted by Crippen LogP contribution is -2.05. The van der Waals surface area contributed by atoms with Gasteiger partial charge < -0.3 is 0 Å². The van der Waals surface area contributed by atoms with Crippen LogP contribution < -0.4 is 0 Å². The van der Waals surface area contributed by atoms with Gasteiger partial charge in [-0.3, -0.25) is 0 Å². The summed E-state index contributed by atoms with van der Waals surface area (Å²) in [4.78, 5) is 13.2. The highest BCUT2D eigenvalue weighted by atomic mass is 15.4. The minimum Gasteiger partial charge on any atom is -0.239 e. The van der Waals surface area contributed by atoms with Crippen molar-refractivity contribution >= 4 is 0 Å². The highest BCUT2D eigenvalue weighted by Crippen LogP contribution is 2.21. The molecule has 1 aromatic carbocycles. The summed E-state index contributed by atoms with van der Waals surface area (Å²) in [6.07, 6.45) is 0. The highest BCUT2D eigenvalue weighted by Gasteiger charge is 2.16. The molecule has 0 saturated carbocycles. The molecule has 28 heavy (non-hydrogen) atoms. The van der Waals surface area contributed by atoms with Crippen LogP contribution in [0.5, 0.6) is 0 Å². The predicted molar refractivity (Wildman–Crippen MR) is 101 cm³/mol. The largest absolute Gasteiger partial charge is 0.239 e. The number of aromatic nitrogens is 5. The molecule has 0 N–H and O–H groups in total. The molecule has 132 valence electrons. The van der Waals surface area contributed by atoms with Crippen LogP contribution in [0.2, 0.25) is 0 Å². The van der Waals surface area contributed by atoms with Gasteiger partial charge in [-0.05, 0) is 29.8 Å². The van der Waals surface area contributed by atoms with Gasteiger partial charge >= 0.3 is 0 Å². The zero-order valence-corrected chi connectivity index (χ0v) is 14.7. The summed E-state index contributed by atoms with van der Waals surface area (Å²) in [5.74, 6) is 0.923. The molecule has 7 nitrogen and oxygen atoms in total. The van der Waals surface area contributed by atoms with Crippen molar-refractivity contribution in [3.63, 3.8) is 0 Å². The Balaban J connectivity index is 1.84. The van der Waals surface area contributed by atoms with Gasteiger partial charge in [0.25, 0.3) is 0 Å². The molecule has 0 spiro atoms. The summed E-state index contributed by atoms with van der Waals surface area (Å²) in [6, 6.07) is 24.2. The van der Waals surface area contributed by atoms with Crippen LogP contribution in [0, 0.1) is 22.7 Å². The Bertz CT molecular complexity index is 1210. The molecule has 4 rings (SSSR count). The van der Waals surface area contributed by atoms with E-state index in [1.54, 1.807) is 41.1 Å². The van der Waals surface area contributed by atoms with E-state index in [0.29, 0.717) is 41.0 Å². The minimum absolute atomic E-state index is 0.295. The van der Waals surface area contributed by atoms with Gasteiger partial charge in [0.1, 0.15) is 34.9 Å². The highest BCUT2D eigenvalue weighted by molar-refractivity contribution is 5.57. The normalized spacial score (nSPS) is 10.2. The zero-order valence-electron chi connectivity index (χ0n) is 14.7. The van der Waals surface area contributed by atoms with Gasteiger partial charge in [-0.1, -0.05) is 42.5 Å². The molecule has 0 fully saturated rings. The van der Waals surface area contributed by atoms with Crippen molar-refractivity contribution in [2.45, 2.75) is 6.54 Å². The number of nitrogens with zero attached hydrogens (tertiary/aromatic N) is 7. The molecule has 7 heteroatoms. The maximum absolute atomic E-state index is 9.16. The lowest BCUT2D eigenvalue weighted by Gasteiger charge is -2.05. The van der Waals surface area contributed by atoms with Crippen LogP contribution in [0.3, 0.4) is 0 Å². The van der Waals surface area contributed by atoms with Gasteiger partial charge in [-0.25, -0.2) is 19.6 Å². The molecule has 0 aliphatic carbocycles. The first-order chi connectivity index (χ1) is 13.8. The van der Waals surface area contributed by atoms with Gasteiger partial charge in [0, 0.05) is 0 Å². The molecule has 0 amide bonds. The third-order valence-corrected chi connectivity index (χ3v) is 4.03. The molecule has 0 unspecified atom stereocenters. The smallest absolute Gasteiger partial charge is 0.200 e. The Labute approximate surface area is 161 Å². The third-order valence-electron chi connectivity index (χ3n) is 4.03. The first-order valence-electron chi connectivity index (χ1n) is 8.50. The van der Waals surface area contributed by atoms with E-state index in [9.17, 15) is 0 Å². The molecule has 0 aliphatic rings. The van der Waals surface area contributed by atoms with E-state index < -0.39 is 0 Å². The second-order valence-electron chi connectivity index (χ2n) is 5.94. The first kappa shape index (κ1) is 17.1. The molecule has 0 saturated heterocycles. The van der Waals surface area contributed by atoms with Crippen LogP contribution in [0.1, 0.15) is 17.0 Å². The second kappa shape index (κ2) is 7.48. The van der Waals surface area contributed by atoms with Gasteiger partial charge in [0.2, 0.25) is 0 Å². The van der Waals surface area contributed by atoms with E-state index in [2.05, 4.69) is 20.1 Å². The fraction of sp³-hybridized carbons (Fsp3) is 0.0476. The van der Waals surface area contributed by atoms with Crippen LogP contribution in [-0.2, 0) is 6.54 Å². The van der Waals surface area contributed by atoms with E-state index in [1.165, 1.54) is 0 Å². The summed E-state index contributed by atoms with van der Waals surface area (Å²) < 4.78 is 1.73. The van der Waals surface area contributed by atoms with Gasteiger partial charge in [-0.15, -0.1) is 5.10 Å². The van der Waals surface area contributed by atoms with Crippen LogP contribution in [-0.4, -0.2) is 24.7 Å². The number of hydrogen-bond acceptors (Lipinski definition) is 6. The standard InChI is InChI=1S/C21H13N7/c22-12-16-8-4-10-18(24-16)20-26-21(19-11-5-9-17(13-23)25-19)28(27-20)14-15-6-2-1-3-7-15/h1-11H,14H2.